The van der Waals surface area contributed by atoms with Crippen LogP contribution in [0.5, 0.6) is 17.2 Å². The number of carbonyl (C=O) groups is 1. The number of amides is 1. The lowest BCUT2D eigenvalue weighted by atomic mass is 9.87. The van der Waals surface area contributed by atoms with Crippen LogP contribution in [-0.2, 0) is 11.2 Å². The van der Waals surface area contributed by atoms with Gasteiger partial charge >= 0.3 is 0 Å². The van der Waals surface area contributed by atoms with E-state index < -0.39 is 6.04 Å². The van der Waals surface area contributed by atoms with Crippen molar-refractivity contribution in [3.05, 3.63) is 88.2 Å². The molecule has 0 radical (unpaired) electrons. The van der Waals surface area contributed by atoms with Gasteiger partial charge in [-0.25, -0.2) is 4.39 Å². The van der Waals surface area contributed by atoms with E-state index in [0.717, 1.165) is 16.7 Å². The average Bonchev–Trinajstić information content (AvgIpc) is 2.82. The fraction of sp³-hybridized carbons (Fsp3) is 0.240. The summed E-state index contributed by atoms with van der Waals surface area (Å²) in [5.74, 6) is 1.26. The molecular weight excluding hydrogens is 433 g/mol. The fourth-order valence-electron chi connectivity index (χ4n) is 3.98. The maximum Gasteiger partial charge on any atom is 0.261 e. The summed E-state index contributed by atoms with van der Waals surface area (Å²) in [6.07, 6.45) is 0.653. The lowest BCUT2D eigenvalue weighted by Gasteiger charge is -2.38. The van der Waals surface area contributed by atoms with E-state index in [1.165, 1.54) is 12.1 Å². The maximum atomic E-state index is 13.6. The molecule has 0 saturated carbocycles. The molecule has 3 aromatic carbocycles. The first-order chi connectivity index (χ1) is 15.5. The van der Waals surface area contributed by atoms with Gasteiger partial charge in [-0.3, -0.25) is 4.79 Å². The van der Waals surface area contributed by atoms with E-state index in [9.17, 15) is 9.18 Å². The third-order valence-electron chi connectivity index (χ3n) is 5.56. The number of ether oxygens (including phenoxy) is 3. The number of hydrogen-bond donors (Lipinski definition) is 0. The molecular formula is C25H23ClFNO4. The normalized spacial score (nSPS) is 15.1. The maximum absolute atomic E-state index is 13.6. The Balaban J connectivity index is 1.67. The zero-order chi connectivity index (χ0) is 22.7. The molecule has 1 unspecified atom stereocenters. The van der Waals surface area contributed by atoms with E-state index in [-0.39, 0.29) is 18.3 Å². The molecule has 166 valence electrons. The number of benzene rings is 3. The first-order valence-electron chi connectivity index (χ1n) is 10.2. The lowest BCUT2D eigenvalue weighted by Crippen LogP contribution is -2.43. The predicted octanol–water partition coefficient (Wildman–Crippen LogP) is 5.05. The summed E-state index contributed by atoms with van der Waals surface area (Å²) < 4.78 is 30.2. The topological polar surface area (TPSA) is 48.0 Å². The number of nitrogens with zero attached hydrogens (tertiary/aromatic N) is 1. The summed E-state index contributed by atoms with van der Waals surface area (Å²) in [6.45, 7) is 0.370. The van der Waals surface area contributed by atoms with Gasteiger partial charge in [0.2, 0.25) is 0 Å². The summed E-state index contributed by atoms with van der Waals surface area (Å²) in [6, 6.07) is 16.5. The number of methoxy groups -OCH3 is 2. The molecule has 7 heteroatoms. The van der Waals surface area contributed by atoms with Gasteiger partial charge in [0.1, 0.15) is 11.6 Å². The van der Waals surface area contributed by atoms with Gasteiger partial charge in [0, 0.05) is 11.6 Å². The first-order valence-corrected chi connectivity index (χ1v) is 10.6. The van der Waals surface area contributed by atoms with Gasteiger partial charge in [-0.2, -0.15) is 0 Å². The summed E-state index contributed by atoms with van der Waals surface area (Å²) in [4.78, 5) is 15.0. The summed E-state index contributed by atoms with van der Waals surface area (Å²) in [5, 5.41) is 0.595. The van der Waals surface area contributed by atoms with Crippen molar-refractivity contribution in [2.24, 2.45) is 0 Å². The molecule has 0 spiro atoms. The Morgan fingerprint density at radius 2 is 1.69 bits per heavy atom. The van der Waals surface area contributed by atoms with Crippen LogP contribution in [0, 0.1) is 5.82 Å². The Kier molecular flexibility index (Phi) is 6.51. The molecule has 0 aromatic heterocycles. The Bertz CT molecular complexity index is 1100. The molecule has 1 atom stereocenters. The minimum Gasteiger partial charge on any atom is -0.493 e. The Labute approximate surface area is 191 Å². The molecule has 0 N–H and O–H groups in total. The Hall–Kier alpha value is -3.25. The van der Waals surface area contributed by atoms with E-state index in [4.69, 9.17) is 25.8 Å². The fourth-order valence-corrected chi connectivity index (χ4v) is 4.10. The SMILES string of the molecule is COc1cc2c(cc1OC)C(c1ccc(F)cc1)N(C(=O)COc1ccc(Cl)cc1)CC2. The van der Waals surface area contributed by atoms with Crippen molar-refractivity contribution < 1.29 is 23.4 Å². The minimum absolute atomic E-state index is 0.123. The van der Waals surface area contributed by atoms with Crippen molar-refractivity contribution in [2.75, 3.05) is 27.4 Å². The van der Waals surface area contributed by atoms with Crippen LogP contribution in [-0.4, -0.2) is 38.2 Å². The molecule has 1 amide bonds. The highest BCUT2D eigenvalue weighted by Gasteiger charge is 2.33. The van der Waals surface area contributed by atoms with Crippen molar-refractivity contribution >= 4 is 17.5 Å². The second-order valence-electron chi connectivity index (χ2n) is 7.44. The standard InChI is InChI=1S/C25H23ClFNO4/c1-30-22-13-17-11-12-28(24(29)15-32-20-9-5-18(26)6-10-20)25(21(17)14-23(22)31-2)16-3-7-19(27)8-4-16/h3-10,13-14,25H,11-12,15H2,1-2H3. The molecule has 1 aliphatic heterocycles. The van der Waals surface area contributed by atoms with Crippen LogP contribution in [0.25, 0.3) is 0 Å². The third kappa shape index (κ3) is 4.50. The van der Waals surface area contributed by atoms with Gasteiger partial charge in [0.25, 0.3) is 5.91 Å². The van der Waals surface area contributed by atoms with Crippen LogP contribution in [0.3, 0.4) is 0 Å². The Morgan fingerprint density at radius 3 is 2.34 bits per heavy atom. The van der Waals surface area contributed by atoms with Crippen molar-refractivity contribution in [1.82, 2.24) is 4.90 Å². The van der Waals surface area contributed by atoms with Crippen LogP contribution >= 0.6 is 11.6 Å². The summed E-state index contributed by atoms with van der Waals surface area (Å²) in [5.41, 5.74) is 2.78. The second kappa shape index (κ2) is 9.49. The van der Waals surface area contributed by atoms with Crippen molar-refractivity contribution in [3.8, 4) is 17.2 Å². The number of fused-ring (bicyclic) bond motifs is 1. The van der Waals surface area contributed by atoms with Crippen molar-refractivity contribution in [1.29, 1.82) is 0 Å². The molecule has 1 aliphatic rings. The summed E-state index contributed by atoms with van der Waals surface area (Å²) in [7, 11) is 3.16. The van der Waals surface area contributed by atoms with E-state index in [2.05, 4.69) is 0 Å². The molecule has 0 fully saturated rings. The van der Waals surface area contributed by atoms with Gasteiger partial charge in [0.15, 0.2) is 18.1 Å². The monoisotopic (exact) mass is 455 g/mol. The van der Waals surface area contributed by atoms with Gasteiger partial charge in [-0.1, -0.05) is 23.7 Å². The highest BCUT2D eigenvalue weighted by atomic mass is 35.5. The third-order valence-corrected chi connectivity index (χ3v) is 5.81. The Morgan fingerprint density at radius 1 is 1.03 bits per heavy atom. The van der Waals surface area contributed by atoms with Crippen LogP contribution in [0.15, 0.2) is 60.7 Å². The highest BCUT2D eigenvalue weighted by Crippen LogP contribution is 2.41. The van der Waals surface area contributed by atoms with Gasteiger partial charge < -0.3 is 19.1 Å². The zero-order valence-electron chi connectivity index (χ0n) is 17.8. The van der Waals surface area contributed by atoms with Crippen LogP contribution in [0.1, 0.15) is 22.7 Å². The number of carbonyl (C=O) groups excluding carboxylic acids is 1. The van der Waals surface area contributed by atoms with E-state index in [1.807, 2.05) is 12.1 Å². The van der Waals surface area contributed by atoms with Crippen LogP contribution in [0.4, 0.5) is 4.39 Å². The lowest BCUT2D eigenvalue weighted by molar-refractivity contribution is -0.135. The van der Waals surface area contributed by atoms with E-state index >= 15 is 0 Å². The molecule has 4 rings (SSSR count). The van der Waals surface area contributed by atoms with E-state index in [1.54, 1.807) is 55.5 Å². The number of rotatable bonds is 6. The molecule has 5 nitrogen and oxygen atoms in total. The molecule has 1 heterocycles. The number of halogens is 2. The second-order valence-corrected chi connectivity index (χ2v) is 7.88. The van der Waals surface area contributed by atoms with Crippen molar-refractivity contribution in [3.63, 3.8) is 0 Å². The highest BCUT2D eigenvalue weighted by molar-refractivity contribution is 6.30. The van der Waals surface area contributed by atoms with E-state index in [0.29, 0.717) is 35.2 Å². The first kappa shape index (κ1) is 22.0. The van der Waals surface area contributed by atoms with Gasteiger partial charge in [-0.15, -0.1) is 0 Å². The molecule has 32 heavy (non-hydrogen) atoms. The minimum atomic E-state index is -0.402. The van der Waals surface area contributed by atoms with Crippen molar-refractivity contribution in [2.45, 2.75) is 12.5 Å². The molecule has 0 bridgehead atoms. The smallest absolute Gasteiger partial charge is 0.261 e. The zero-order valence-corrected chi connectivity index (χ0v) is 18.6. The quantitative estimate of drug-likeness (QED) is 0.522. The predicted molar refractivity (Wildman–Crippen MR) is 120 cm³/mol. The average molecular weight is 456 g/mol. The largest absolute Gasteiger partial charge is 0.493 e. The van der Waals surface area contributed by atoms with Gasteiger partial charge in [-0.05, 0) is 71.6 Å². The molecule has 0 saturated heterocycles. The number of hydrogen-bond acceptors (Lipinski definition) is 4. The molecule has 0 aliphatic carbocycles. The van der Waals surface area contributed by atoms with Gasteiger partial charge in [0.05, 0.1) is 20.3 Å². The summed E-state index contributed by atoms with van der Waals surface area (Å²) >= 11 is 5.91. The van der Waals surface area contributed by atoms with Crippen LogP contribution in [0.2, 0.25) is 5.02 Å². The molecule has 3 aromatic rings. The van der Waals surface area contributed by atoms with Crippen LogP contribution < -0.4 is 14.2 Å².